The van der Waals surface area contributed by atoms with E-state index >= 15 is 0 Å². The number of phenols is 1. The van der Waals surface area contributed by atoms with Crippen LogP contribution in [-0.4, -0.2) is 16.6 Å². The highest BCUT2D eigenvalue weighted by molar-refractivity contribution is 9.10. The molecule has 0 bridgehead atoms. The standard InChI is InChI=1S/C11H13BrOS/c12-11-7-9(13)1-2-10(11)8-3-5-14-6-4-8/h1-2,7-8,13H,3-6H2. The van der Waals surface area contributed by atoms with Crippen LogP contribution in [-0.2, 0) is 0 Å². The molecule has 1 heterocycles. The Morgan fingerprint density at radius 3 is 2.64 bits per heavy atom. The van der Waals surface area contributed by atoms with Gasteiger partial charge in [-0.25, -0.2) is 0 Å². The second-order valence-electron chi connectivity index (χ2n) is 3.59. The van der Waals surface area contributed by atoms with E-state index in [0.717, 1.165) is 4.47 Å². The second kappa shape index (κ2) is 4.58. The summed E-state index contributed by atoms with van der Waals surface area (Å²) in [6.07, 6.45) is 2.52. The molecule has 1 saturated heterocycles. The minimum atomic E-state index is 0.339. The topological polar surface area (TPSA) is 20.2 Å². The summed E-state index contributed by atoms with van der Waals surface area (Å²) >= 11 is 5.55. The number of hydrogen-bond donors (Lipinski definition) is 1. The zero-order valence-electron chi connectivity index (χ0n) is 7.87. The largest absolute Gasteiger partial charge is 0.508 e. The molecule has 1 aliphatic heterocycles. The predicted molar refractivity (Wildman–Crippen MR) is 65.1 cm³/mol. The maximum atomic E-state index is 9.30. The van der Waals surface area contributed by atoms with Crippen molar-refractivity contribution in [3.63, 3.8) is 0 Å². The third-order valence-corrected chi connectivity index (χ3v) is 4.38. The van der Waals surface area contributed by atoms with Crippen molar-refractivity contribution in [3.05, 3.63) is 28.2 Å². The van der Waals surface area contributed by atoms with Crippen molar-refractivity contribution in [2.75, 3.05) is 11.5 Å². The smallest absolute Gasteiger partial charge is 0.116 e. The first kappa shape index (κ1) is 10.4. The quantitative estimate of drug-likeness (QED) is 0.840. The Bertz CT molecular complexity index is 321. The van der Waals surface area contributed by atoms with E-state index in [2.05, 4.69) is 15.9 Å². The van der Waals surface area contributed by atoms with E-state index in [-0.39, 0.29) is 0 Å². The molecule has 2 rings (SSSR count). The van der Waals surface area contributed by atoms with Gasteiger partial charge in [-0.3, -0.25) is 0 Å². The van der Waals surface area contributed by atoms with E-state index in [9.17, 15) is 5.11 Å². The molecule has 14 heavy (non-hydrogen) atoms. The number of benzene rings is 1. The number of phenolic OH excluding ortho intramolecular Hbond substituents is 1. The zero-order chi connectivity index (χ0) is 9.97. The highest BCUT2D eigenvalue weighted by Crippen LogP contribution is 2.36. The van der Waals surface area contributed by atoms with Crippen LogP contribution in [0.5, 0.6) is 5.75 Å². The fourth-order valence-corrected chi connectivity index (χ4v) is 3.65. The van der Waals surface area contributed by atoms with Gasteiger partial charge in [-0.05, 0) is 48.0 Å². The van der Waals surface area contributed by atoms with Gasteiger partial charge in [-0.15, -0.1) is 0 Å². The van der Waals surface area contributed by atoms with Crippen molar-refractivity contribution in [2.45, 2.75) is 18.8 Å². The van der Waals surface area contributed by atoms with Gasteiger partial charge in [0.05, 0.1) is 0 Å². The van der Waals surface area contributed by atoms with Gasteiger partial charge in [-0.2, -0.15) is 11.8 Å². The van der Waals surface area contributed by atoms with Crippen LogP contribution in [0.1, 0.15) is 24.3 Å². The molecule has 0 spiro atoms. The Morgan fingerprint density at radius 1 is 1.29 bits per heavy atom. The first-order valence-corrected chi connectivity index (χ1v) is 6.78. The molecule has 1 aromatic rings. The zero-order valence-corrected chi connectivity index (χ0v) is 10.3. The molecule has 1 nitrogen and oxygen atoms in total. The SMILES string of the molecule is Oc1ccc(C2CCSCC2)c(Br)c1. The lowest BCUT2D eigenvalue weighted by molar-refractivity contribution is 0.474. The molecule has 0 saturated carbocycles. The summed E-state index contributed by atoms with van der Waals surface area (Å²) in [6.45, 7) is 0. The first-order valence-electron chi connectivity index (χ1n) is 4.83. The van der Waals surface area contributed by atoms with E-state index in [1.165, 1.54) is 29.9 Å². The number of halogens is 1. The molecular weight excluding hydrogens is 260 g/mol. The van der Waals surface area contributed by atoms with Crippen LogP contribution >= 0.6 is 27.7 Å². The van der Waals surface area contributed by atoms with Crippen molar-refractivity contribution >= 4 is 27.7 Å². The van der Waals surface area contributed by atoms with Gasteiger partial charge in [-0.1, -0.05) is 22.0 Å². The Hall–Kier alpha value is -0.150. The lowest BCUT2D eigenvalue weighted by atomic mass is 9.93. The van der Waals surface area contributed by atoms with Gasteiger partial charge in [0.2, 0.25) is 0 Å². The molecule has 0 amide bonds. The summed E-state index contributed by atoms with van der Waals surface area (Å²) in [4.78, 5) is 0. The highest BCUT2D eigenvalue weighted by Gasteiger charge is 2.17. The van der Waals surface area contributed by atoms with E-state index in [1.807, 2.05) is 17.8 Å². The summed E-state index contributed by atoms with van der Waals surface area (Å²) in [7, 11) is 0. The molecule has 0 aliphatic carbocycles. The molecule has 0 unspecified atom stereocenters. The average molecular weight is 273 g/mol. The lowest BCUT2D eigenvalue weighted by Crippen LogP contribution is -2.08. The molecule has 0 radical (unpaired) electrons. The summed E-state index contributed by atoms with van der Waals surface area (Å²) in [6, 6.07) is 5.61. The van der Waals surface area contributed by atoms with Crippen molar-refractivity contribution in [2.24, 2.45) is 0 Å². The van der Waals surface area contributed by atoms with Crippen LogP contribution < -0.4 is 0 Å². The number of thioether (sulfide) groups is 1. The summed E-state index contributed by atoms with van der Waals surface area (Å²) in [5.74, 6) is 3.53. The highest BCUT2D eigenvalue weighted by atomic mass is 79.9. The van der Waals surface area contributed by atoms with Crippen LogP contribution in [0.3, 0.4) is 0 Å². The molecule has 1 fully saturated rings. The Kier molecular flexibility index (Phi) is 3.39. The van der Waals surface area contributed by atoms with E-state index in [4.69, 9.17) is 0 Å². The maximum absolute atomic E-state index is 9.30. The van der Waals surface area contributed by atoms with Crippen LogP contribution in [0, 0.1) is 0 Å². The van der Waals surface area contributed by atoms with E-state index < -0.39 is 0 Å². The van der Waals surface area contributed by atoms with Crippen LogP contribution in [0.4, 0.5) is 0 Å². The number of hydrogen-bond acceptors (Lipinski definition) is 2. The van der Waals surface area contributed by atoms with Gasteiger partial charge < -0.3 is 5.11 Å². The summed E-state index contributed by atoms with van der Waals surface area (Å²) in [5.41, 5.74) is 1.35. The van der Waals surface area contributed by atoms with E-state index in [0.29, 0.717) is 11.7 Å². The third kappa shape index (κ3) is 2.26. The molecule has 3 heteroatoms. The number of rotatable bonds is 1. The maximum Gasteiger partial charge on any atom is 0.116 e. The van der Waals surface area contributed by atoms with Crippen LogP contribution in [0.2, 0.25) is 0 Å². The van der Waals surface area contributed by atoms with Crippen LogP contribution in [0.25, 0.3) is 0 Å². The first-order chi connectivity index (χ1) is 6.77. The van der Waals surface area contributed by atoms with E-state index in [1.54, 1.807) is 12.1 Å². The normalized spacial score (nSPS) is 18.4. The Labute approximate surface area is 97.0 Å². The molecule has 1 aromatic carbocycles. The predicted octanol–water partition coefficient (Wildman–Crippen LogP) is 3.77. The molecule has 0 aromatic heterocycles. The summed E-state index contributed by atoms with van der Waals surface area (Å²) < 4.78 is 1.05. The molecule has 1 N–H and O–H groups in total. The van der Waals surface area contributed by atoms with Crippen molar-refractivity contribution in [1.29, 1.82) is 0 Å². The minimum absolute atomic E-state index is 0.339. The summed E-state index contributed by atoms with van der Waals surface area (Å²) in [5, 5.41) is 9.30. The van der Waals surface area contributed by atoms with Gasteiger partial charge in [0, 0.05) is 4.47 Å². The third-order valence-electron chi connectivity index (χ3n) is 2.65. The van der Waals surface area contributed by atoms with Gasteiger partial charge >= 0.3 is 0 Å². The lowest BCUT2D eigenvalue weighted by Gasteiger charge is -2.22. The molecule has 1 aliphatic rings. The number of aromatic hydroxyl groups is 1. The fourth-order valence-electron chi connectivity index (χ4n) is 1.86. The Morgan fingerprint density at radius 2 is 2.00 bits per heavy atom. The molecular formula is C11H13BrOS. The minimum Gasteiger partial charge on any atom is -0.508 e. The van der Waals surface area contributed by atoms with Crippen molar-refractivity contribution in [1.82, 2.24) is 0 Å². The fraction of sp³-hybridized carbons (Fsp3) is 0.455. The van der Waals surface area contributed by atoms with Gasteiger partial charge in [0.15, 0.2) is 0 Å². The van der Waals surface area contributed by atoms with Crippen molar-refractivity contribution in [3.8, 4) is 5.75 Å². The molecule has 0 atom stereocenters. The van der Waals surface area contributed by atoms with Crippen LogP contribution in [0.15, 0.2) is 22.7 Å². The average Bonchev–Trinajstić information content (AvgIpc) is 2.19. The molecule has 76 valence electrons. The van der Waals surface area contributed by atoms with Crippen molar-refractivity contribution < 1.29 is 5.11 Å². The second-order valence-corrected chi connectivity index (χ2v) is 5.67. The Balaban J connectivity index is 2.22. The van der Waals surface area contributed by atoms with Gasteiger partial charge in [0.1, 0.15) is 5.75 Å². The monoisotopic (exact) mass is 272 g/mol. The van der Waals surface area contributed by atoms with Gasteiger partial charge in [0.25, 0.3) is 0 Å².